The van der Waals surface area contributed by atoms with E-state index < -0.39 is 78.1 Å². The van der Waals surface area contributed by atoms with Gasteiger partial charge in [-0.3, -0.25) is 14.9 Å². The number of carboxylic acids is 4. The summed E-state index contributed by atoms with van der Waals surface area (Å²) in [6.07, 6.45) is 1.77. The number of carboxylic acid groups (broad SMARTS) is 4. The molecule has 0 aliphatic carbocycles. The van der Waals surface area contributed by atoms with Gasteiger partial charge in [-0.25, -0.2) is 14.4 Å². The van der Waals surface area contributed by atoms with Crippen molar-refractivity contribution in [2.75, 3.05) is 6.54 Å². The molecule has 1 amide bonds. The number of amides is 1. The molecule has 33 heavy (non-hydrogen) atoms. The van der Waals surface area contributed by atoms with Crippen LogP contribution in [-0.4, -0.2) is 79.8 Å². The van der Waals surface area contributed by atoms with E-state index in [2.05, 4.69) is 5.32 Å². The van der Waals surface area contributed by atoms with Crippen molar-refractivity contribution in [3.05, 3.63) is 47.9 Å². The Morgan fingerprint density at radius 2 is 1.67 bits per heavy atom. The Hall–Kier alpha value is -3.73. The van der Waals surface area contributed by atoms with Crippen molar-refractivity contribution in [2.45, 2.75) is 50.7 Å². The van der Waals surface area contributed by atoms with Gasteiger partial charge in [-0.1, -0.05) is 30.2 Å². The lowest BCUT2D eigenvalue weighted by molar-refractivity contribution is -0.149. The van der Waals surface area contributed by atoms with Crippen molar-refractivity contribution in [3.8, 4) is 0 Å². The summed E-state index contributed by atoms with van der Waals surface area (Å²) in [4.78, 5) is 55.9. The monoisotopic (exact) mass is 469 g/mol. The highest BCUT2D eigenvalue weighted by atomic mass is 16.4. The molecular formula is C22H28N2O9. The Morgan fingerprint density at radius 3 is 2.15 bits per heavy atom. The number of hydrogen-bond donors (Lipinski definition) is 5. The number of benzene rings is 1. The number of carbonyl (C=O) groups is 5. The number of carbonyl (C=O) groups excluding carboxylic acids is 1. The summed E-state index contributed by atoms with van der Waals surface area (Å²) in [6.45, 7) is 1.72. The predicted octanol–water partition coefficient (Wildman–Crippen LogP) is 0.838. The fraction of sp³-hybridized carbons (Fsp3) is 0.409. The third-order valence-electron chi connectivity index (χ3n) is 4.54. The third-order valence-corrected chi connectivity index (χ3v) is 4.54. The quantitative estimate of drug-likeness (QED) is 0.308. The lowest BCUT2D eigenvalue weighted by Crippen LogP contribution is -2.53. The average molecular weight is 470 g/mol. The fourth-order valence-corrected chi connectivity index (χ4v) is 3.02. The zero-order valence-electron chi connectivity index (χ0n) is 22.7. The minimum absolute atomic E-state index is 0.00138. The van der Waals surface area contributed by atoms with Crippen LogP contribution in [0.3, 0.4) is 0 Å². The van der Waals surface area contributed by atoms with Gasteiger partial charge in [0, 0.05) is 18.7 Å². The molecule has 1 aliphatic heterocycles. The topological polar surface area (TPSA) is 182 Å². The molecule has 11 heteroatoms. The summed E-state index contributed by atoms with van der Waals surface area (Å²) in [7, 11) is 0. The van der Waals surface area contributed by atoms with Crippen LogP contribution in [0, 0.1) is 0 Å². The van der Waals surface area contributed by atoms with Crippen molar-refractivity contribution in [2.24, 2.45) is 0 Å². The fourth-order valence-electron chi connectivity index (χ4n) is 3.02. The SMILES string of the molecule is O=C(O)/C=C\C(=O)O.[2H]c1c([2H])c([2H])c(CC[C@H](N[C@@H](C)C(=O)N2CCC[C@H]2C(=O)O)C(=O)O)c([2H])c1[2H]. The van der Waals surface area contributed by atoms with Crippen LogP contribution < -0.4 is 5.32 Å². The van der Waals surface area contributed by atoms with Crippen LogP contribution >= 0.6 is 0 Å². The van der Waals surface area contributed by atoms with E-state index in [1.807, 2.05) is 0 Å². The number of nitrogens with one attached hydrogen (secondary N) is 1. The van der Waals surface area contributed by atoms with Gasteiger partial charge in [0.05, 0.1) is 12.9 Å². The zero-order chi connectivity index (χ0) is 29.3. The van der Waals surface area contributed by atoms with Gasteiger partial charge in [0.2, 0.25) is 5.91 Å². The summed E-state index contributed by atoms with van der Waals surface area (Å²) in [5.74, 6) is -5.41. The molecule has 0 spiro atoms. The van der Waals surface area contributed by atoms with Crippen LogP contribution in [0.4, 0.5) is 0 Å². The highest BCUT2D eigenvalue weighted by molar-refractivity contribution is 5.89. The summed E-state index contributed by atoms with van der Waals surface area (Å²) >= 11 is 0. The van der Waals surface area contributed by atoms with E-state index in [4.69, 9.17) is 17.1 Å². The Labute approximate surface area is 197 Å². The van der Waals surface area contributed by atoms with E-state index in [0.29, 0.717) is 25.0 Å². The van der Waals surface area contributed by atoms with E-state index in [1.165, 1.54) is 11.8 Å². The molecule has 0 saturated carbocycles. The molecule has 1 aromatic rings. The maximum atomic E-state index is 12.6. The van der Waals surface area contributed by atoms with Crippen molar-refractivity contribution in [3.63, 3.8) is 0 Å². The van der Waals surface area contributed by atoms with Gasteiger partial charge in [-0.15, -0.1) is 0 Å². The molecule has 0 unspecified atom stereocenters. The molecular weight excluding hydrogens is 436 g/mol. The Balaban J connectivity index is 0.000000781. The summed E-state index contributed by atoms with van der Waals surface area (Å²) in [5, 5.41) is 37.0. The molecule has 1 saturated heterocycles. The first-order valence-electron chi connectivity index (χ1n) is 12.3. The van der Waals surface area contributed by atoms with Crippen LogP contribution in [0.15, 0.2) is 42.4 Å². The molecule has 3 atom stereocenters. The van der Waals surface area contributed by atoms with E-state index >= 15 is 0 Å². The largest absolute Gasteiger partial charge is 0.480 e. The van der Waals surface area contributed by atoms with Crippen molar-refractivity contribution < 1.29 is 51.3 Å². The molecule has 1 aliphatic rings. The van der Waals surface area contributed by atoms with Gasteiger partial charge in [0.15, 0.2) is 0 Å². The molecule has 1 aromatic carbocycles. The number of aliphatic carboxylic acids is 4. The summed E-state index contributed by atoms with van der Waals surface area (Å²) < 4.78 is 38.8. The molecule has 0 aromatic heterocycles. The van der Waals surface area contributed by atoms with Crippen LogP contribution in [0.25, 0.3) is 0 Å². The lowest BCUT2D eigenvalue weighted by Gasteiger charge is -2.27. The number of likely N-dealkylation sites (tertiary alicyclic amines) is 1. The van der Waals surface area contributed by atoms with Crippen LogP contribution in [0.2, 0.25) is 0 Å². The first-order valence-corrected chi connectivity index (χ1v) is 9.81. The van der Waals surface area contributed by atoms with E-state index in [9.17, 15) is 34.2 Å². The molecule has 1 fully saturated rings. The average Bonchev–Trinajstić information content (AvgIpc) is 3.34. The molecule has 1 heterocycles. The molecule has 2 rings (SSSR count). The van der Waals surface area contributed by atoms with Crippen LogP contribution in [0.1, 0.15) is 38.6 Å². The van der Waals surface area contributed by atoms with E-state index in [1.54, 1.807) is 0 Å². The van der Waals surface area contributed by atoms with Crippen molar-refractivity contribution in [1.29, 1.82) is 0 Å². The van der Waals surface area contributed by atoms with Crippen molar-refractivity contribution >= 4 is 29.8 Å². The Morgan fingerprint density at radius 1 is 1.09 bits per heavy atom. The molecule has 0 radical (unpaired) electrons. The number of hydrogen-bond acceptors (Lipinski definition) is 6. The predicted molar refractivity (Wildman–Crippen MR) is 116 cm³/mol. The second-order valence-electron chi connectivity index (χ2n) is 6.96. The second kappa shape index (κ2) is 13.6. The zero-order valence-corrected chi connectivity index (χ0v) is 17.7. The summed E-state index contributed by atoms with van der Waals surface area (Å²) in [6, 6.07) is -5.44. The summed E-state index contributed by atoms with van der Waals surface area (Å²) in [5.41, 5.74) is -0.00138. The van der Waals surface area contributed by atoms with E-state index in [0.717, 1.165) is 0 Å². The molecule has 5 N–H and O–H groups in total. The van der Waals surface area contributed by atoms with Gasteiger partial charge in [0.25, 0.3) is 0 Å². The highest BCUT2D eigenvalue weighted by Gasteiger charge is 2.36. The smallest absolute Gasteiger partial charge is 0.328 e. The molecule has 180 valence electrons. The first kappa shape index (κ1) is 19.9. The third kappa shape index (κ3) is 9.95. The standard InChI is InChI=1S/C18H24N2O5.C4H4O4/c1-12(16(21)20-11-5-8-15(20)18(24)25)19-14(17(22)23)10-9-13-6-3-2-4-7-13;5-3(6)1-2-4(7)8/h2-4,6-7,12,14-15,19H,5,8-11H2,1H3,(H,22,23)(H,24,25);1-2H,(H,5,6)(H,7,8)/b;2-1-/t12-,14-,15-;/m0./s1/i2D,3D,4D,6D,7D;. The maximum absolute atomic E-state index is 12.6. The first-order chi connectivity index (χ1) is 17.6. The second-order valence-corrected chi connectivity index (χ2v) is 6.96. The van der Waals surface area contributed by atoms with Crippen LogP contribution in [0.5, 0.6) is 0 Å². The Kier molecular flexibility index (Phi) is 8.23. The minimum atomic E-state index is -1.27. The van der Waals surface area contributed by atoms with E-state index in [-0.39, 0.29) is 24.9 Å². The van der Waals surface area contributed by atoms with Gasteiger partial charge in [0.1, 0.15) is 12.1 Å². The Bertz CT molecular complexity index is 1080. The van der Waals surface area contributed by atoms with Gasteiger partial charge in [-0.05, 0) is 38.2 Å². The minimum Gasteiger partial charge on any atom is -0.480 e. The van der Waals surface area contributed by atoms with Crippen molar-refractivity contribution in [1.82, 2.24) is 10.2 Å². The number of nitrogens with zero attached hydrogens (tertiary/aromatic N) is 1. The van der Waals surface area contributed by atoms with Gasteiger partial charge >= 0.3 is 23.9 Å². The van der Waals surface area contributed by atoms with Crippen LogP contribution in [-0.2, 0) is 30.4 Å². The van der Waals surface area contributed by atoms with Gasteiger partial charge in [-0.2, -0.15) is 0 Å². The molecule has 11 nitrogen and oxygen atoms in total. The highest BCUT2D eigenvalue weighted by Crippen LogP contribution is 2.18. The lowest BCUT2D eigenvalue weighted by atomic mass is 10.0. The normalized spacial score (nSPS) is 19.1. The maximum Gasteiger partial charge on any atom is 0.328 e. The molecule has 0 bridgehead atoms. The number of rotatable bonds is 10. The van der Waals surface area contributed by atoms with Gasteiger partial charge < -0.3 is 25.3 Å².